The van der Waals surface area contributed by atoms with Crippen molar-refractivity contribution >= 4 is 28.8 Å². The number of carbonyl (C=O) groups excluding carboxylic acids is 1. The number of nitrogen functional groups attached to an aromatic ring is 2. The van der Waals surface area contributed by atoms with Gasteiger partial charge in [-0.15, -0.1) is 11.6 Å². The molecule has 0 saturated heterocycles. The smallest absolute Gasteiger partial charge is 0.181 e. The molecule has 0 aliphatic rings. The highest BCUT2D eigenvalue weighted by atomic mass is 35.5. The zero-order valence-electron chi connectivity index (χ0n) is 7.25. The monoisotopic (exact) mass is 209 g/mol. The Morgan fingerprint density at radius 3 is 2.29 bits per heavy atom. The molecule has 0 bridgehead atoms. The van der Waals surface area contributed by atoms with Gasteiger partial charge >= 0.3 is 0 Å². The van der Waals surface area contributed by atoms with E-state index < -0.39 is 0 Å². The van der Waals surface area contributed by atoms with Crippen LogP contribution in [-0.2, 0) is 0 Å². The Morgan fingerprint density at radius 2 is 1.93 bits per heavy atom. The number of hydrogen-bond donors (Lipinski definition) is 2. The zero-order valence-corrected chi connectivity index (χ0v) is 8.01. The molecule has 0 aliphatic carbocycles. The number of halogens is 1. The standard InChI is InChI=1S/C9H8ClN3O/c10-3-8(14)9-6(12)1-5(4-11)2-7(9)13/h1-2H,3,12-13H2. The van der Waals surface area contributed by atoms with Crippen molar-refractivity contribution in [2.24, 2.45) is 0 Å². The molecule has 0 amide bonds. The summed E-state index contributed by atoms with van der Waals surface area (Å²) in [6.07, 6.45) is 0. The van der Waals surface area contributed by atoms with Crippen LogP contribution in [0.1, 0.15) is 15.9 Å². The lowest BCUT2D eigenvalue weighted by molar-refractivity contribution is 0.102. The zero-order chi connectivity index (χ0) is 10.7. The van der Waals surface area contributed by atoms with E-state index in [1.165, 1.54) is 12.1 Å². The van der Waals surface area contributed by atoms with E-state index in [0.717, 1.165) is 0 Å². The third kappa shape index (κ3) is 1.78. The summed E-state index contributed by atoms with van der Waals surface area (Å²) < 4.78 is 0. The molecule has 0 unspecified atom stereocenters. The quantitative estimate of drug-likeness (QED) is 0.434. The van der Waals surface area contributed by atoms with Crippen LogP contribution in [0.3, 0.4) is 0 Å². The van der Waals surface area contributed by atoms with Gasteiger partial charge in [0.05, 0.1) is 23.1 Å². The Bertz CT molecular complexity index is 400. The lowest BCUT2D eigenvalue weighted by atomic mass is 10.0. The van der Waals surface area contributed by atoms with Crippen LogP contribution in [-0.4, -0.2) is 11.7 Å². The molecule has 0 fully saturated rings. The molecule has 1 aromatic carbocycles. The molecular formula is C9H8ClN3O. The first-order valence-electron chi connectivity index (χ1n) is 3.78. The van der Waals surface area contributed by atoms with Gasteiger partial charge in [0.2, 0.25) is 0 Å². The Balaban J connectivity index is 3.34. The number of carbonyl (C=O) groups is 1. The van der Waals surface area contributed by atoms with Gasteiger partial charge in [-0.3, -0.25) is 4.79 Å². The number of anilines is 2. The molecule has 5 heteroatoms. The highest BCUT2D eigenvalue weighted by Crippen LogP contribution is 2.22. The van der Waals surface area contributed by atoms with Crippen LogP contribution in [0.15, 0.2) is 12.1 Å². The normalized spacial score (nSPS) is 9.43. The van der Waals surface area contributed by atoms with Gasteiger partial charge in [0.15, 0.2) is 5.78 Å². The topological polar surface area (TPSA) is 92.9 Å². The first kappa shape index (κ1) is 10.4. The van der Waals surface area contributed by atoms with E-state index in [1.807, 2.05) is 6.07 Å². The summed E-state index contributed by atoms with van der Waals surface area (Å²) in [5, 5.41) is 8.60. The van der Waals surface area contributed by atoms with Crippen LogP contribution >= 0.6 is 11.6 Å². The molecule has 4 nitrogen and oxygen atoms in total. The van der Waals surface area contributed by atoms with Crippen molar-refractivity contribution in [3.8, 4) is 6.07 Å². The third-order valence-corrected chi connectivity index (χ3v) is 1.97. The van der Waals surface area contributed by atoms with Crippen molar-refractivity contribution in [3.63, 3.8) is 0 Å². The van der Waals surface area contributed by atoms with Crippen molar-refractivity contribution in [3.05, 3.63) is 23.3 Å². The highest BCUT2D eigenvalue weighted by molar-refractivity contribution is 6.31. The van der Waals surface area contributed by atoms with Crippen molar-refractivity contribution in [2.75, 3.05) is 17.3 Å². The van der Waals surface area contributed by atoms with Gasteiger partial charge in [0, 0.05) is 11.4 Å². The summed E-state index contributed by atoms with van der Waals surface area (Å²) in [5.74, 6) is -0.522. The molecular weight excluding hydrogens is 202 g/mol. The van der Waals surface area contributed by atoms with Gasteiger partial charge in [0.25, 0.3) is 0 Å². The predicted molar refractivity (Wildman–Crippen MR) is 55.0 cm³/mol. The van der Waals surface area contributed by atoms with Gasteiger partial charge in [0.1, 0.15) is 0 Å². The number of Topliss-reactive ketones (excluding diaryl/α,β-unsaturated/α-hetero) is 1. The van der Waals surface area contributed by atoms with Crippen LogP contribution in [0.25, 0.3) is 0 Å². The summed E-state index contributed by atoms with van der Waals surface area (Å²) in [5.41, 5.74) is 12.0. The van der Waals surface area contributed by atoms with E-state index in [2.05, 4.69) is 0 Å². The van der Waals surface area contributed by atoms with Crippen molar-refractivity contribution < 1.29 is 4.79 Å². The maximum Gasteiger partial charge on any atom is 0.181 e. The van der Waals surface area contributed by atoms with Gasteiger partial charge < -0.3 is 11.5 Å². The Morgan fingerprint density at radius 1 is 1.43 bits per heavy atom. The Kier molecular flexibility index (Phi) is 2.95. The Labute approximate surface area is 86.1 Å². The van der Waals surface area contributed by atoms with Crippen LogP contribution in [0.5, 0.6) is 0 Å². The maximum atomic E-state index is 11.3. The average Bonchev–Trinajstić information content (AvgIpc) is 2.16. The fourth-order valence-electron chi connectivity index (χ4n) is 1.14. The van der Waals surface area contributed by atoms with Crippen LogP contribution in [0.2, 0.25) is 0 Å². The lowest BCUT2D eigenvalue weighted by Gasteiger charge is -2.06. The molecule has 0 saturated carbocycles. The summed E-state index contributed by atoms with van der Waals surface area (Å²) >= 11 is 5.38. The number of ketones is 1. The van der Waals surface area contributed by atoms with E-state index >= 15 is 0 Å². The predicted octanol–water partition coefficient (Wildman–Crippen LogP) is 1.14. The second-order valence-corrected chi connectivity index (χ2v) is 2.97. The second-order valence-electron chi connectivity index (χ2n) is 2.70. The molecule has 0 aromatic heterocycles. The maximum absolute atomic E-state index is 11.3. The Hall–Kier alpha value is -1.73. The molecule has 1 aromatic rings. The van der Waals surface area contributed by atoms with Gasteiger partial charge in [-0.25, -0.2) is 0 Å². The SMILES string of the molecule is N#Cc1cc(N)c(C(=O)CCl)c(N)c1. The molecule has 0 spiro atoms. The van der Waals surface area contributed by atoms with Crippen molar-refractivity contribution in [1.29, 1.82) is 5.26 Å². The third-order valence-electron chi connectivity index (χ3n) is 1.73. The highest BCUT2D eigenvalue weighted by Gasteiger charge is 2.13. The van der Waals surface area contributed by atoms with E-state index in [1.54, 1.807) is 0 Å². The summed E-state index contributed by atoms with van der Waals surface area (Å²) in [6.45, 7) is 0. The summed E-state index contributed by atoms with van der Waals surface area (Å²) in [4.78, 5) is 11.3. The summed E-state index contributed by atoms with van der Waals surface area (Å²) in [7, 11) is 0. The molecule has 72 valence electrons. The minimum absolute atomic E-state index is 0.180. The van der Waals surface area contributed by atoms with Gasteiger partial charge in [-0.1, -0.05) is 0 Å². The van der Waals surface area contributed by atoms with E-state index in [-0.39, 0.29) is 28.6 Å². The second kappa shape index (κ2) is 3.99. The number of rotatable bonds is 2. The number of nitrogens with zero attached hydrogens (tertiary/aromatic N) is 1. The van der Waals surface area contributed by atoms with Crippen LogP contribution in [0, 0.1) is 11.3 Å². The fourth-order valence-corrected chi connectivity index (χ4v) is 1.27. The number of nitriles is 1. The largest absolute Gasteiger partial charge is 0.398 e. The minimum Gasteiger partial charge on any atom is -0.398 e. The molecule has 4 N–H and O–H groups in total. The number of alkyl halides is 1. The lowest BCUT2D eigenvalue weighted by Crippen LogP contribution is -2.09. The van der Waals surface area contributed by atoms with E-state index in [9.17, 15) is 4.79 Å². The van der Waals surface area contributed by atoms with Crippen molar-refractivity contribution in [1.82, 2.24) is 0 Å². The molecule has 0 atom stereocenters. The minimum atomic E-state index is -0.342. The van der Waals surface area contributed by atoms with Crippen molar-refractivity contribution in [2.45, 2.75) is 0 Å². The molecule has 14 heavy (non-hydrogen) atoms. The number of hydrogen-bond acceptors (Lipinski definition) is 4. The first-order chi connectivity index (χ1) is 6.60. The molecule has 1 rings (SSSR count). The number of benzene rings is 1. The van der Waals surface area contributed by atoms with Gasteiger partial charge in [-0.05, 0) is 12.1 Å². The van der Waals surface area contributed by atoms with Crippen LogP contribution < -0.4 is 11.5 Å². The average molecular weight is 210 g/mol. The summed E-state index contributed by atoms with van der Waals surface area (Å²) in [6, 6.07) is 4.69. The first-order valence-corrected chi connectivity index (χ1v) is 4.32. The number of nitrogens with two attached hydrogens (primary N) is 2. The fraction of sp³-hybridized carbons (Fsp3) is 0.111. The van der Waals surface area contributed by atoms with Gasteiger partial charge in [-0.2, -0.15) is 5.26 Å². The molecule has 0 aliphatic heterocycles. The van der Waals surface area contributed by atoms with E-state index in [0.29, 0.717) is 5.56 Å². The van der Waals surface area contributed by atoms with E-state index in [4.69, 9.17) is 28.3 Å². The molecule has 0 radical (unpaired) electrons. The van der Waals surface area contributed by atoms with Crippen LogP contribution in [0.4, 0.5) is 11.4 Å². The molecule has 0 heterocycles.